The van der Waals surface area contributed by atoms with Crippen molar-refractivity contribution < 1.29 is 0 Å². The van der Waals surface area contributed by atoms with E-state index in [9.17, 15) is 0 Å². The predicted molar refractivity (Wildman–Crippen MR) is 264 cm³/mol. The first-order valence-electron chi connectivity index (χ1n) is 21.5. The molecule has 61 heavy (non-hydrogen) atoms. The van der Waals surface area contributed by atoms with Gasteiger partial charge in [-0.15, -0.1) is 0 Å². The van der Waals surface area contributed by atoms with E-state index in [1.807, 2.05) is 0 Å². The lowest BCUT2D eigenvalue weighted by atomic mass is 9.34. The van der Waals surface area contributed by atoms with E-state index in [0.717, 1.165) is 5.69 Å². The molecule has 290 valence electrons. The zero-order valence-electron chi connectivity index (χ0n) is 34.9. The van der Waals surface area contributed by atoms with E-state index in [2.05, 4.69) is 250 Å². The van der Waals surface area contributed by atoms with Crippen LogP contribution in [0.15, 0.2) is 224 Å². The van der Waals surface area contributed by atoms with Crippen LogP contribution in [0.3, 0.4) is 0 Å². The van der Waals surface area contributed by atoms with E-state index >= 15 is 0 Å². The second-order valence-corrected chi connectivity index (χ2v) is 21.4. The Morgan fingerprint density at radius 3 is 1.48 bits per heavy atom. The molecule has 9 aromatic rings. The third kappa shape index (κ3) is 6.06. The fourth-order valence-corrected chi connectivity index (χ4v) is 15.6. The Bertz CT molecular complexity index is 2990. The van der Waals surface area contributed by atoms with Gasteiger partial charge in [-0.2, -0.15) is 0 Å². The predicted octanol–water partition coefficient (Wildman–Crippen LogP) is 9.98. The molecule has 0 saturated heterocycles. The van der Waals surface area contributed by atoms with E-state index in [0.29, 0.717) is 0 Å². The van der Waals surface area contributed by atoms with Crippen LogP contribution in [0.5, 0.6) is 0 Å². The zero-order chi connectivity index (χ0) is 41.1. The Morgan fingerprint density at radius 1 is 0.377 bits per heavy atom. The lowest BCUT2D eigenvalue weighted by Gasteiger charge is -2.47. The average molecular weight is 796 g/mol. The lowest BCUT2D eigenvalue weighted by molar-refractivity contribution is 0.590. The SMILES string of the molecule is CC(C)(C)c1ccc(-c2cc3c4c(c2)[Si](c2ccccc2)(c2ccccc2)c2ccccc2B4c2cc(-c4ccccc4)ccc2N3c2ccc(-c3ccccc3)cc2)cc1. The fraction of sp³-hybridized carbons (Fsp3) is 0.0690. The van der Waals surface area contributed by atoms with Gasteiger partial charge in [0.1, 0.15) is 0 Å². The van der Waals surface area contributed by atoms with E-state index in [1.54, 1.807) is 0 Å². The van der Waals surface area contributed by atoms with E-state index in [1.165, 1.54) is 87.5 Å². The minimum atomic E-state index is -2.95. The van der Waals surface area contributed by atoms with Crippen molar-refractivity contribution in [3.63, 3.8) is 0 Å². The smallest absolute Gasteiger partial charge is 0.246 e. The molecule has 2 aliphatic rings. The third-order valence-electron chi connectivity index (χ3n) is 13.2. The van der Waals surface area contributed by atoms with Crippen LogP contribution in [-0.4, -0.2) is 14.8 Å². The topological polar surface area (TPSA) is 3.24 Å². The highest BCUT2D eigenvalue weighted by atomic mass is 28.3. The summed E-state index contributed by atoms with van der Waals surface area (Å²) in [6.45, 7) is 6.92. The molecule has 9 aromatic carbocycles. The van der Waals surface area contributed by atoms with Crippen LogP contribution in [-0.2, 0) is 5.41 Å². The van der Waals surface area contributed by atoms with E-state index < -0.39 is 8.07 Å². The second kappa shape index (κ2) is 14.7. The lowest BCUT2D eigenvalue weighted by Crippen LogP contribution is -2.87. The number of nitrogens with zero attached hydrogens (tertiary/aromatic N) is 1. The summed E-state index contributed by atoms with van der Waals surface area (Å²) < 4.78 is 0. The molecule has 0 aliphatic carbocycles. The van der Waals surface area contributed by atoms with Gasteiger partial charge in [-0.05, 0) is 100 Å². The molecule has 0 aromatic heterocycles. The van der Waals surface area contributed by atoms with Gasteiger partial charge in [0.05, 0.1) is 0 Å². The highest BCUT2D eigenvalue weighted by molar-refractivity contribution is 7.26. The first-order chi connectivity index (χ1) is 29.9. The highest BCUT2D eigenvalue weighted by Gasteiger charge is 2.53. The number of hydrogen-bond donors (Lipinski definition) is 0. The first-order valence-corrected chi connectivity index (χ1v) is 23.5. The molecule has 0 fully saturated rings. The molecule has 0 unspecified atom stereocenters. The summed E-state index contributed by atoms with van der Waals surface area (Å²) in [5.74, 6) is 0. The maximum absolute atomic E-state index is 2.95. The standard InChI is InChI=1S/C58H46BNSi/c1-58(2,3)47-33-28-44(29-34-47)46-39-54-57-56(40-46)61(49-22-12-6-13-23-49,50-24-14-7-15-25-50)55-27-17-16-26-51(55)59(57)52-38-45(42-20-10-5-11-21-42)32-37-53(52)60(54)48-35-30-43(31-36-48)41-18-8-4-9-19-41/h4-40H,1-3H3. The highest BCUT2D eigenvalue weighted by Crippen LogP contribution is 2.41. The Hall–Kier alpha value is -6.94. The minimum Gasteiger partial charge on any atom is -0.312 e. The third-order valence-corrected chi connectivity index (χ3v) is 18.1. The van der Waals surface area contributed by atoms with Crippen LogP contribution in [0.1, 0.15) is 26.3 Å². The van der Waals surface area contributed by atoms with Crippen LogP contribution in [0, 0.1) is 0 Å². The van der Waals surface area contributed by atoms with Gasteiger partial charge >= 0.3 is 0 Å². The van der Waals surface area contributed by atoms with Crippen molar-refractivity contribution in [1.29, 1.82) is 0 Å². The molecular formula is C58H46BNSi. The average Bonchev–Trinajstić information content (AvgIpc) is 3.32. The fourth-order valence-electron chi connectivity index (χ4n) is 10.3. The van der Waals surface area contributed by atoms with Crippen LogP contribution in [0.2, 0.25) is 0 Å². The molecule has 1 nitrogen and oxygen atoms in total. The summed E-state index contributed by atoms with van der Waals surface area (Å²) in [4.78, 5) is 2.57. The van der Waals surface area contributed by atoms with Gasteiger partial charge < -0.3 is 4.90 Å². The van der Waals surface area contributed by atoms with Crippen LogP contribution >= 0.6 is 0 Å². The maximum atomic E-state index is 2.60. The number of fused-ring (bicyclic) bond motifs is 4. The van der Waals surface area contributed by atoms with Crippen molar-refractivity contribution in [3.05, 3.63) is 230 Å². The van der Waals surface area contributed by atoms with Gasteiger partial charge in [0.2, 0.25) is 6.71 Å². The molecule has 0 spiro atoms. The molecule has 3 heteroatoms. The summed E-state index contributed by atoms with van der Waals surface area (Å²) in [5.41, 5.74) is 16.5. The Labute approximate surface area is 361 Å². The zero-order valence-corrected chi connectivity index (χ0v) is 35.9. The Morgan fingerprint density at radius 2 is 0.869 bits per heavy atom. The first kappa shape index (κ1) is 37.1. The summed E-state index contributed by atoms with van der Waals surface area (Å²) in [6.07, 6.45) is 0. The van der Waals surface area contributed by atoms with Crippen LogP contribution < -0.4 is 42.0 Å². The van der Waals surface area contributed by atoms with Crippen LogP contribution in [0.25, 0.3) is 33.4 Å². The maximum Gasteiger partial charge on any atom is 0.246 e. The minimum absolute atomic E-state index is 0.0325. The van der Waals surface area contributed by atoms with E-state index in [4.69, 9.17) is 0 Å². The van der Waals surface area contributed by atoms with Crippen molar-refractivity contribution in [2.45, 2.75) is 26.2 Å². The largest absolute Gasteiger partial charge is 0.312 e. The molecular weight excluding hydrogens is 750 g/mol. The van der Waals surface area contributed by atoms with Gasteiger partial charge in [0.25, 0.3) is 0 Å². The summed E-state index contributed by atoms with van der Waals surface area (Å²) >= 11 is 0. The van der Waals surface area contributed by atoms with Crippen LogP contribution in [0.4, 0.5) is 17.1 Å². The Balaban J connectivity index is 1.27. The van der Waals surface area contributed by atoms with Gasteiger partial charge in [-0.1, -0.05) is 226 Å². The molecule has 0 saturated carbocycles. The number of anilines is 3. The van der Waals surface area contributed by atoms with Crippen molar-refractivity contribution in [2.24, 2.45) is 0 Å². The number of benzene rings is 9. The summed E-state index contributed by atoms with van der Waals surface area (Å²) in [7, 11) is -2.95. The second-order valence-electron chi connectivity index (χ2n) is 17.7. The molecule has 0 amide bonds. The number of rotatable bonds is 6. The molecule has 2 aliphatic heterocycles. The normalized spacial score (nSPS) is 13.6. The molecule has 0 N–H and O–H groups in total. The van der Waals surface area contributed by atoms with Crippen molar-refractivity contribution in [2.75, 3.05) is 4.90 Å². The summed E-state index contributed by atoms with van der Waals surface area (Å²) in [5, 5.41) is 5.73. The Kier molecular flexibility index (Phi) is 8.91. The van der Waals surface area contributed by atoms with Crippen molar-refractivity contribution in [3.8, 4) is 33.4 Å². The molecule has 0 bridgehead atoms. The van der Waals surface area contributed by atoms with Gasteiger partial charge in [0, 0.05) is 17.1 Å². The number of hydrogen-bond acceptors (Lipinski definition) is 1. The quantitative estimate of drug-likeness (QED) is 0.152. The van der Waals surface area contributed by atoms with Gasteiger partial charge in [0.15, 0.2) is 8.07 Å². The van der Waals surface area contributed by atoms with Crippen molar-refractivity contribution in [1.82, 2.24) is 0 Å². The molecule has 0 radical (unpaired) electrons. The monoisotopic (exact) mass is 795 g/mol. The van der Waals surface area contributed by atoms with Gasteiger partial charge in [-0.25, -0.2) is 0 Å². The van der Waals surface area contributed by atoms with Gasteiger partial charge in [-0.3, -0.25) is 0 Å². The molecule has 0 atom stereocenters. The molecule has 11 rings (SSSR count). The molecule has 2 heterocycles. The summed E-state index contributed by atoms with van der Waals surface area (Å²) in [6, 6.07) is 84.8. The van der Waals surface area contributed by atoms with Crippen molar-refractivity contribution >= 4 is 69.0 Å². The van der Waals surface area contributed by atoms with E-state index in [-0.39, 0.29) is 12.1 Å².